The third-order valence-electron chi connectivity index (χ3n) is 6.03. The van der Waals surface area contributed by atoms with Crippen molar-refractivity contribution in [2.45, 2.75) is 31.6 Å². The lowest BCUT2D eigenvalue weighted by molar-refractivity contribution is -0.143. The van der Waals surface area contributed by atoms with Crippen LogP contribution in [0.15, 0.2) is 67.0 Å². The quantitative estimate of drug-likeness (QED) is 0.394. The number of halogens is 1. The van der Waals surface area contributed by atoms with Crippen LogP contribution in [0.1, 0.15) is 37.4 Å². The van der Waals surface area contributed by atoms with Gasteiger partial charge in [0.05, 0.1) is 11.6 Å². The highest BCUT2D eigenvalue weighted by Crippen LogP contribution is 2.39. The maximum absolute atomic E-state index is 11.6. The lowest BCUT2D eigenvalue weighted by atomic mass is 9.81. The van der Waals surface area contributed by atoms with E-state index in [9.17, 15) is 9.90 Å². The van der Waals surface area contributed by atoms with Gasteiger partial charge < -0.3 is 9.84 Å². The van der Waals surface area contributed by atoms with Gasteiger partial charge in [-0.15, -0.1) is 0 Å². The zero-order chi connectivity index (χ0) is 22.1. The van der Waals surface area contributed by atoms with E-state index < -0.39 is 5.97 Å². The fourth-order valence-electron chi connectivity index (χ4n) is 4.47. The normalized spacial score (nSPS) is 18.5. The number of carboxylic acids is 1. The Labute approximate surface area is 190 Å². The van der Waals surface area contributed by atoms with Gasteiger partial charge in [0.1, 0.15) is 22.8 Å². The minimum absolute atomic E-state index is 0.0604. The number of aromatic nitrogens is 3. The van der Waals surface area contributed by atoms with Crippen LogP contribution in [0.25, 0.3) is 16.8 Å². The van der Waals surface area contributed by atoms with E-state index in [0.29, 0.717) is 18.0 Å². The van der Waals surface area contributed by atoms with Crippen molar-refractivity contribution < 1.29 is 14.6 Å². The first-order valence-electron chi connectivity index (χ1n) is 10.7. The molecule has 1 saturated carbocycles. The summed E-state index contributed by atoms with van der Waals surface area (Å²) in [5.74, 6) is 1.33. The van der Waals surface area contributed by atoms with Crippen LogP contribution in [0.5, 0.6) is 11.5 Å². The van der Waals surface area contributed by atoms with Crippen LogP contribution in [0.4, 0.5) is 0 Å². The summed E-state index contributed by atoms with van der Waals surface area (Å²) in [6.45, 7) is 0. The van der Waals surface area contributed by atoms with Gasteiger partial charge in [0.25, 0.3) is 0 Å². The van der Waals surface area contributed by atoms with Crippen LogP contribution >= 0.6 is 11.6 Å². The average molecular weight is 448 g/mol. The Bertz CT molecular complexity index is 1250. The molecule has 2 heterocycles. The van der Waals surface area contributed by atoms with E-state index in [1.54, 1.807) is 6.20 Å². The molecule has 1 aliphatic rings. The lowest BCUT2D eigenvalue weighted by Crippen LogP contribution is -2.22. The Hall–Kier alpha value is -3.38. The molecule has 1 N–H and O–H groups in total. The molecule has 1 fully saturated rings. The summed E-state index contributed by atoms with van der Waals surface area (Å²) >= 11 is 6.49. The maximum Gasteiger partial charge on any atom is 0.306 e. The minimum atomic E-state index is -0.732. The number of hydrogen-bond donors (Lipinski definition) is 1. The number of ether oxygens (including phenoxy) is 1. The van der Waals surface area contributed by atoms with Crippen molar-refractivity contribution in [2.75, 3.05) is 0 Å². The molecular weight excluding hydrogens is 426 g/mol. The highest BCUT2D eigenvalue weighted by atomic mass is 35.5. The van der Waals surface area contributed by atoms with Crippen LogP contribution < -0.4 is 4.74 Å². The molecule has 2 atom stereocenters. The molecule has 0 spiro atoms. The molecule has 2 aromatic heterocycles. The molecule has 2 aromatic carbocycles. The van der Waals surface area contributed by atoms with Crippen molar-refractivity contribution in [1.29, 1.82) is 0 Å². The Kier molecular flexibility index (Phi) is 5.53. The molecule has 1 aliphatic carbocycles. The minimum Gasteiger partial charge on any atom is -0.481 e. The SMILES string of the molecule is O=C(O)C1CCCC(c2nc(-c3ccc(Oc4ccccc4)cc3)c3c(Cl)nccn23)C1. The topological polar surface area (TPSA) is 76.7 Å². The zero-order valence-electron chi connectivity index (χ0n) is 17.3. The summed E-state index contributed by atoms with van der Waals surface area (Å²) in [6.07, 6.45) is 6.58. The van der Waals surface area contributed by atoms with Crippen LogP contribution in [0.3, 0.4) is 0 Å². The zero-order valence-corrected chi connectivity index (χ0v) is 18.1. The number of imidazole rings is 1. The van der Waals surface area contributed by atoms with Crippen molar-refractivity contribution in [3.05, 3.63) is 78.0 Å². The molecule has 6 nitrogen and oxygen atoms in total. The molecule has 162 valence electrons. The van der Waals surface area contributed by atoms with Crippen molar-refractivity contribution >= 4 is 23.1 Å². The van der Waals surface area contributed by atoms with Gasteiger partial charge in [0.15, 0.2) is 5.15 Å². The molecule has 5 rings (SSSR count). The highest BCUT2D eigenvalue weighted by molar-refractivity contribution is 6.33. The van der Waals surface area contributed by atoms with E-state index in [-0.39, 0.29) is 11.8 Å². The Morgan fingerprint density at radius 3 is 2.56 bits per heavy atom. The Morgan fingerprint density at radius 2 is 1.81 bits per heavy atom. The standard InChI is InChI=1S/C25H22ClN3O3/c26-23-22-21(16-9-11-20(12-10-16)32-19-7-2-1-3-8-19)28-24(29(22)14-13-27-23)17-5-4-6-18(15-17)25(30)31/h1-3,7-14,17-18H,4-6,15H2,(H,30,31). The first-order valence-corrected chi connectivity index (χ1v) is 11.1. The summed E-state index contributed by atoms with van der Waals surface area (Å²) < 4.78 is 7.86. The van der Waals surface area contributed by atoms with Gasteiger partial charge in [-0.2, -0.15) is 0 Å². The van der Waals surface area contributed by atoms with Crippen molar-refractivity contribution in [1.82, 2.24) is 14.4 Å². The number of carboxylic acid groups (broad SMARTS) is 1. The van der Waals surface area contributed by atoms with Crippen molar-refractivity contribution in [3.63, 3.8) is 0 Å². The molecule has 7 heteroatoms. The third-order valence-corrected chi connectivity index (χ3v) is 6.31. The van der Waals surface area contributed by atoms with Crippen LogP contribution in [-0.2, 0) is 4.79 Å². The largest absolute Gasteiger partial charge is 0.481 e. The average Bonchev–Trinajstić information content (AvgIpc) is 3.21. The number of hydrogen-bond acceptors (Lipinski definition) is 4. The van der Waals surface area contributed by atoms with E-state index in [0.717, 1.165) is 46.9 Å². The molecular formula is C25H22ClN3O3. The molecule has 0 amide bonds. The summed E-state index contributed by atoms with van der Waals surface area (Å²) in [6, 6.07) is 17.3. The summed E-state index contributed by atoms with van der Waals surface area (Å²) in [5, 5.41) is 9.88. The van der Waals surface area contributed by atoms with E-state index in [1.807, 2.05) is 65.2 Å². The number of carbonyl (C=O) groups is 1. The van der Waals surface area contributed by atoms with Crippen molar-refractivity contribution in [3.8, 4) is 22.8 Å². The molecule has 4 aromatic rings. The van der Waals surface area contributed by atoms with E-state index >= 15 is 0 Å². The number of rotatable bonds is 5. The molecule has 0 aliphatic heterocycles. The van der Waals surface area contributed by atoms with Gasteiger partial charge in [0, 0.05) is 23.9 Å². The molecule has 32 heavy (non-hydrogen) atoms. The van der Waals surface area contributed by atoms with Crippen LogP contribution in [0, 0.1) is 5.92 Å². The fourth-order valence-corrected chi connectivity index (χ4v) is 4.70. The highest BCUT2D eigenvalue weighted by Gasteiger charge is 2.31. The Morgan fingerprint density at radius 1 is 1.06 bits per heavy atom. The number of aliphatic carboxylic acids is 1. The summed E-state index contributed by atoms with van der Waals surface area (Å²) in [4.78, 5) is 20.8. The second-order valence-corrected chi connectivity index (χ2v) is 8.45. The van der Waals surface area contributed by atoms with Crippen LogP contribution in [-0.4, -0.2) is 25.4 Å². The summed E-state index contributed by atoms with van der Waals surface area (Å²) in [7, 11) is 0. The van der Waals surface area contributed by atoms with Gasteiger partial charge in [-0.25, -0.2) is 9.97 Å². The van der Waals surface area contributed by atoms with Gasteiger partial charge in [-0.05, 0) is 55.7 Å². The van der Waals surface area contributed by atoms with Crippen LogP contribution in [0.2, 0.25) is 5.15 Å². The van der Waals surface area contributed by atoms with Gasteiger partial charge in [0.2, 0.25) is 0 Å². The van der Waals surface area contributed by atoms with Gasteiger partial charge in [-0.1, -0.05) is 36.2 Å². The third kappa shape index (κ3) is 3.94. The second kappa shape index (κ2) is 8.63. The predicted octanol–water partition coefficient (Wildman–Crippen LogP) is 6.20. The second-order valence-electron chi connectivity index (χ2n) is 8.09. The molecule has 0 bridgehead atoms. The molecule has 0 saturated heterocycles. The maximum atomic E-state index is 11.6. The number of benzene rings is 2. The van der Waals surface area contributed by atoms with E-state index in [4.69, 9.17) is 21.3 Å². The number of fused-ring (bicyclic) bond motifs is 1. The lowest BCUT2D eigenvalue weighted by Gasteiger charge is -2.25. The van der Waals surface area contributed by atoms with Gasteiger partial charge in [-0.3, -0.25) is 9.20 Å². The number of para-hydroxylation sites is 1. The van der Waals surface area contributed by atoms with Crippen molar-refractivity contribution in [2.24, 2.45) is 5.92 Å². The predicted molar refractivity (Wildman–Crippen MR) is 122 cm³/mol. The summed E-state index contributed by atoms with van der Waals surface area (Å²) in [5.41, 5.74) is 2.37. The fraction of sp³-hybridized carbons (Fsp3) is 0.240. The first-order chi connectivity index (χ1) is 15.6. The van der Waals surface area contributed by atoms with Gasteiger partial charge >= 0.3 is 5.97 Å². The molecule has 0 radical (unpaired) electrons. The molecule has 2 unspecified atom stereocenters. The van der Waals surface area contributed by atoms with E-state index in [1.165, 1.54) is 0 Å². The number of nitrogens with zero attached hydrogens (tertiary/aromatic N) is 3. The Balaban J connectivity index is 1.51. The smallest absolute Gasteiger partial charge is 0.306 e. The van der Waals surface area contributed by atoms with E-state index in [2.05, 4.69) is 4.98 Å². The first kappa shape index (κ1) is 20.5. The monoisotopic (exact) mass is 447 g/mol.